The Hall–Kier alpha value is -2.95. The number of carbonyl (C=O) groups excluding carboxylic acids is 3. The third-order valence-electron chi connectivity index (χ3n) is 7.83. The van der Waals surface area contributed by atoms with Gasteiger partial charge in [0.2, 0.25) is 0 Å². The first-order valence-corrected chi connectivity index (χ1v) is 10.9. The fourth-order valence-corrected chi connectivity index (χ4v) is 6.63. The lowest BCUT2D eigenvalue weighted by atomic mass is 9.66. The highest BCUT2D eigenvalue weighted by molar-refractivity contribution is 5.91. The van der Waals surface area contributed by atoms with E-state index in [4.69, 9.17) is 9.47 Å². The van der Waals surface area contributed by atoms with E-state index in [1.807, 2.05) is 19.1 Å². The van der Waals surface area contributed by atoms with Crippen LogP contribution in [0.3, 0.4) is 0 Å². The largest absolute Gasteiger partial charge is 0.454 e. The highest BCUT2D eigenvalue weighted by Crippen LogP contribution is 2.71. The van der Waals surface area contributed by atoms with Gasteiger partial charge in [0.1, 0.15) is 18.0 Å². The van der Waals surface area contributed by atoms with Crippen LogP contribution in [-0.4, -0.2) is 29.9 Å². The van der Waals surface area contributed by atoms with E-state index in [-0.39, 0.29) is 17.6 Å². The first-order valence-electron chi connectivity index (χ1n) is 10.9. The van der Waals surface area contributed by atoms with Gasteiger partial charge in [-0.15, -0.1) is 0 Å². The van der Waals surface area contributed by atoms with E-state index >= 15 is 0 Å². The van der Waals surface area contributed by atoms with Crippen LogP contribution in [0.15, 0.2) is 60.7 Å². The van der Waals surface area contributed by atoms with Crippen molar-refractivity contribution in [2.75, 3.05) is 0 Å². The van der Waals surface area contributed by atoms with Crippen LogP contribution in [0.25, 0.3) is 0 Å². The quantitative estimate of drug-likeness (QED) is 0.686. The highest BCUT2D eigenvalue weighted by Gasteiger charge is 2.75. The molecule has 160 valence electrons. The molecule has 3 fully saturated rings. The van der Waals surface area contributed by atoms with E-state index in [0.717, 1.165) is 6.42 Å². The molecule has 2 aromatic rings. The smallest absolute Gasteiger partial charge is 0.338 e. The second-order valence-corrected chi connectivity index (χ2v) is 9.66. The molecule has 6 unspecified atom stereocenters. The summed E-state index contributed by atoms with van der Waals surface area (Å²) in [4.78, 5) is 38.7. The summed E-state index contributed by atoms with van der Waals surface area (Å²) < 4.78 is 12.1. The molecule has 0 amide bonds. The van der Waals surface area contributed by atoms with Crippen LogP contribution in [0.2, 0.25) is 0 Å². The Morgan fingerprint density at radius 3 is 1.81 bits per heavy atom. The molecular formula is C26H26O5. The summed E-state index contributed by atoms with van der Waals surface area (Å²) in [5.41, 5.74) is -0.0378. The van der Waals surface area contributed by atoms with Crippen molar-refractivity contribution in [3.05, 3.63) is 71.8 Å². The van der Waals surface area contributed by atoms with Crippen molar-refractivity contribution in [2.24, 2.45) is 22.7 Å². The van der Waals surface area contributed by atoms with Crippen LogP contribution < -0.4 is 0 Å². The summed E-state index contributed by atoms with van der Waals surface area (Å²) >= 11 is 0. The number of esters is 2. The molecular weight excluding hydrogens is 392 g/mol. The van der Waals surface area contributed by atoms with E-state index in [2.05, 4.69) is 6.92 Å². The molecule has 0 aliphatic heterocycles. The second-order valence-electron chi connectivity index (χ2n) is 9.66. The predicted octanol–water partition coefficient (Wildman–Crippen LogP) is 4.46. The predicted molar refractivity (Wildman–Crippen MR) is 113 cm³/mol. The number of hydrogen-bond donors (Lipinski definition) is 0. The van der Waals surface area contributed by atoms with Crippen molar-refractivity contribution in [3.63, 3.8) is 0 Å². The van der Waals surface area contributed by atoms with Gasteiger partial charge in [0.05, 0.1) is 11.1 Å². The van der Waals surface area contributed by atoms with Crippen LogP contribution in [0.5, 0.6) is 0 Å². The van der Waals surface area contributed by atoms with Gasteiger partial charge >= 0.3 is 11.9 Å². The van der Waals surface area contributed by atoms with Gasteiger partial charge in [-0.25, -0.2) is 9.59 Å². The van der Waals surface area contributed by atoms with Gasteiger partial charge in [-0.2, -0.15) is 0 Å². The van der Waals surface area contributed by atoms with Crippen LogP contribution >= 0.6 is 0 Å². The van der Waals surface area contributed by atoms with E-state index < -0.39 is 35.0 Å². The fourth-order valence-electron chi connectivity index (χ4n) is 6.63. The highest BCUT2D eigenvalue weighted by atomic mass is 16.6. The molecule has 5 rings (SSSR count). The maximum absolute atomic E-state index is 13.0. The monoisotopic (exact) mass is 418 g/mol. The van der Waals surface area contributed by atoms with Gasteiger partial charge in [0.15, 0.2) is 0 Å². The minimum Gasteiger partial charge on any atom is -0.454 e. The zero-order valence-electron chi connectivity index (χ0n) is 17.7. The van der Waals surface area contributed by atoms with Gasteiger partial charge in [-0.05, 0) is 43.0 Å². The summed E-state index contributed by atoms with van der Waals surface area (Å²) in [5.74, 6) is -0.650. The maximum atomic E-state index is 13.0. The lowest BCUT2D eigenvalue weighted by Gasteiger charge is -2.45. The first-order chi connectivity index (χ1) is 14.8. The summed E-state index contributed by atoms with van der Waals surface area (Å²) in [6, 6.07) is 17.7. The molecule has 0 heterocycles. The van der Waals surface area contributed by atoms with E-state index in [0.29, 0.717) is 24.0 Å². The van der Waals surface area contributed by atoms with E-state index in [1.54, 1.807) is 48.5 Å². The molecule has 0 N–H and O–H groups in total. The molecule has 5 nitrogen and oxygen atoms in total. The summed E-state index contributed by atoms with van der Waals surface area (Å²) in [7, 11) is 0. The molecule has 6 atom stereocenters. The molecule has 3 saturated carbocycles. The minimum atomic E-state index is -0.666. The third kappa shape index (κ3) is 2.93. The van der Waals surface area contributed by atoms with Gasteiger partial charge < -0.3 is 9.47 Å². The summed E-state index contributed by atoms with van der Waals surface area (Å²) in [5, 5.41) is 0. The van der Waals surface area contributed by atoms with Crippen molar-refractivity contribution in [2.45, 2.75) is 45.3 Å². The van der Waals surface area contributed by atoms with Crippen molar-refractivity contribution in [1.29, 1.82) is 0 Å². The van der Waals surface area contributed by atoms with Crippen LogP contribution in [0, 0.1) is 22.7 Å². The van der Waals surface area contributed by atoms with Crippen LogP contribution in [-0.2, 0) is 14.3 Å². The standard InChI is InChI=1S/C26H26O5/c1-25-15-26(2,20-18(25)13-14-19(20)27)22(31-24(29)17-11-7-4-8-12-17)21(25)30-23(28)16-9-5-3-6-10-16/h3-12,18,20-22H,13-15H2,1-2H3. The molecule has 5 heteroatoms. The topological polar surface area (TPSA) is 69.7 Å². The maximum Gasteiger partial charge on any atom is 0.338 e. The zero-order chi connectivity index (χ0) is 21.8. The van der Waals surface area contributed by atoms with Gasteiger partial charge in [0, 0.05) is 23.2 Å². The van der Waals surface area contributed by atoms with Crippen molar-refractivity contribution >= 4 is 17.7 Å². The van der Waals surface area contributed by atoms with Crippen molar-refractivity contribution in [3.8, 4) is 0 Å². The Morgan fingerprint density at radius 1 is 0.806 bits per heavy atom. The number of ketones is 1. The van der Waals surface area contributed by atoms with Crippen molar-refractivity contribution in [1.82, 2.24) is 0 Å². The minimum absolute atomic E-state index is 0.144. The lowest BCUT2D eigenvalue weighted by Crippen LogP contribution is -2.54. The molecule has 2 aromatic carbocycles. The fraction of sp³-hybridized carbons (Fsp3) is 0.423. The van der Waals surface area contributed by atoms with Crippen LogP contribution in [0.1, 0.15) is 53.8 Å². The number of carbonyl (C=O) groups is 3. The SMILES string of the molecule is CC12CC(C)(C(OC(=O)c3ccccc3)C1OC(=O)c1ccccc1)C1C(=O)CCC12. The molecule has 0 spiro atoms. The molecule has 3 aliphatic carbocycles. The Bertz CT molecular complexity index is 1030. The number of ether oxygens (including phenoxy) is 2. The number of fused-ring (bicyclic) bond motifs is 5. The van der Waals surface area contributed by atoms with Gasteiger partial charge in [-0.3, -0.25) is 4.79 Å². The molecule has 0 radical (unpaired) electrons. The Morgan fingerprint density at radius 2 is 1.29 bits per heavy atom. The van der Waals surface area contributed by atoms with E-state index in [9.17, 15) is 14.4 Å². The van der Waals surface area contributed by atoms with E-state index in [1.165, 1.54) is 0 Å². The number of rotatable bonds is 4. The molecule has 31 heavy (non-hydrogen) atoms. The lowest BCUT2D eigenvalue weighted by molar-refractivity contribution is -0.141. The molecule has 0 saturated heterocycles. The third-order valence-corrected chi connectivity index (χ3v) is 7.83. The first kappa shape index (κ1) is 20.0. The molecule has 2 bridgehead atoms. The number of hydrogen-bond acceptors (Lipinski definition) is 5. The number of benzene rings is 2. The Labute approximate surface area is 181 Å². The number of Topliss-reactive ketones (excluding diaryl/α,β-unsaturated/α-hetero) is 1. The van der Waals surface area contributed by atoms with Gasteiger partial charge in [-0.1, -0.05) is 50.2 Å². The van der Waals surface area contributed by atoms with Gasteiger partial charge in [0.25, 0.3) is 0 Å². The average Bonchev–Trinajstić information content (AvgIpc) is 3.36. The van der Waals surface area contributed by atoms with Crippen molar-refractivity contribution < 1.29 is 23.9 Å². The molecule has 3 aliphatic rings. The average molecular weight is 418 g/mol. The Balaban J connectivity index is 1.50. The van der Waals surface area contributed by atoms with Crippen LogP contribution in [0.4, 0.5) is 0 Å². The summed E-state index contributed by atoms with van der Waals surface area (Å²) in [6.07, 6.45) is 0.778. The molecule has 0 aromatic heterocycles. The normalized spacial score (nSPS) is 35.6. The zero-order valence-corrected chi connectivity index (χ0v) is 17.7. The summed E-state index contributed by atoms with van der Waals surface area (Å²) in [6.45, 7) is 4.12. The Kier molecular flexibility index (Phi) is 4.54. The second kappa shape index (κ2) is 7.04.